The van der Waals surface area contributed by atoms with Crippen molar-refractivity contribution in [1.82, 2.24) is 16.0 Å². The molecule has 0 aliphatic rings. The van der Waals surface area contributed by atoms with Gasteiger partial charge in [0.05, 0.1) is 0 Å². The first-order chi connectivity index (χ1) is 13.9. The fraction of sp³-hybridized carbons (Fsp3) is 0.545. The van der Waals surface area contributed by atoms with E-state index in [1.807, 2.05) is 12.1 Å². The van der Waals surface area contributed by atoms with E-state index in [1.54, 1.807) is 32.9 Å². The van der Waals surface area contributed by atoms with Gasteiger partial charge < -0.3 is 15.4 Å². The lowest BCUT2D eigenvalue weighted by Crippen LogP contribution is -2.49. The van der Waals surface area contributed by atoms with E-state index >= 15 is 0 Å². The van der Waals surface area contributed by atoms with Gasteiger partial charge in [-0.2, -0.15) is 0 Å². The van der Waals surface area contributed by atoms with Crippen LogP contribution in [0.3, 0.4) is 0 Å². The minimum Gasteiger partial charge on any atom is -0.451 e. The van der Waals surface area contributed by atoms with Crippen molar-refractivity contribution in [2.24, 2.45) is 5.92 Å². The second-order valence-corrected chi connectivity index (χ2v) is 8.45. The molecule has 0 aliphatic heterocycles. The normalized spacial score (nSPS) is 13.2. The number of rotatable bonds is 7. The van der Waals surface area contributed by atoms with Crippen LogP contribution in [-0.4, -0.2) is 42.5 Å². The molecule has 0 saturated carbocycles. The smallest absolute Gasteiger partial charge is 0.329 e. The Hall–Kier alpha value is -2.90. The van der Waals surface area contributed by atoms with Crippen molar-refractivity contribution in [1.29, 1.82) is 0 Å². The molecule has 0 spiro atoms. The van der Waals surface area contributed by atoms with Crippen molar-refractivity contribution in [2.45, 2.75) is 66.0 Å². The summed E-state index contributed by atoms with van der Waals surface area (Å²) in [5.74, 6) is -2.18. The van der Waals surface area contributed by atoms with Crippen molar-refractivity contribution < 1.29 is 23.9 Å². The highest BCUT2D eigenvalue weighted by atomic mass is 16.5. The molecule has 8 heteroatoms. The number of ether oxygens (including phenoxy) is 1. The van der Waals surface area contributed by atoms with Crippen LogP contribution in [0.2, 0.25) is 0 Å². The number of amides is 4. The molecule has 8 nitrogen and oxygen atoms in total. The quantitative estimate of drug-likeness (QED) is 0.588. The number of hydrogen-bond donors (Lipinski definition) is 3. The van der Waals surface area contributed by atoms with Crippen LogP contribution >= 0.6 is 0 Å². The zero-order chi connectivity index (χ0) is 23.1. The Balaban J connectivity index is 2.79. The Kier molecular flexibility index (Phi) is 9.01. The van der Waals surface area contributed by atoms with E-state index in [-0.39, 0.29) is 11.3 Å². The minimum atomic E-state index is -1.19. The Bertz CT molecular complexity index is 766. The average molecular weight is 420 g/mol. The topological polar surface area (TPSA) is 114 Å². The lowest BCUT2D eigenvalue weighted by molar-refractivity contribution is -0.157. The maximum Gasteiger partial charge on any atom is 0.329 e. The Morgan fingerprint density at radius 2 is 1.57 bits per heavy atom. The summed E-state index contributed by atoms with van der Waals surface area (Å²) < 4.78 is 5.17. The average Bonchev–Trinajstić information content (AvgIpc) is 2.64. The number of esters is 1. The SMILES string of the molecule is CCNC(=O)NC(=O)C(C)OC(=O)C(NC(=O)c1ccc(C(C)(C)C)cc1)C(C)C. The maximum atomic E-state index is 12.6. The highest BCUT2D eigenvalue weighted by Gasteiger charge is 2.29. The predicted molar refractivity (Wildman–Crippen MR) is 114 cm³/mol. The van der Waals surface area contributed by atoms with Gasteiger partial charge in [0, 0.05) is 12.1 Å². The van der Waals surface area contributed by atoms with Crippen LogP contribution in [0, 0.1) is 5.92 Å². The second kappa shape index (κ2) is 10.8. The van der Waals surface area contributed by atoms with Crippen molar-refractivity contribution in [3.05, 3.63) is 35.4 Å². The highest BCUT2D eigenvalue weighted by molar-refractivity contribution is 5.99. The van der Waals surface area contributed by atoms with E-state index in [4.69, 9.17) is 4.74 Å². The molecule has 0 bridgehead atoms. The molecule has 0 aliphatic carbocycles. The minimum absolute atomic E-state index is 0.0377. The van der Waals surface area contributed by atoms with Gasteiger partial charge in [-0.05, 0) is 42.9 Å². The molecule has 1 aromatic rings. The molecular formula is C22H33N3O5. The largest absolute Gasteiger partial charge is 0.451 e. The highest BCUT2D eigenvalue weighted by Crippen LogP contribution is 2.22. The fourth-order valence-corrected chi connectivity index (χ4v) is 2.56. The number of urea groups is 1. The first-order valence-electron chi connectivity index (χ1n) is 10.1. The molecule has 0 fully saturated rings. The first-order valence-corrected chi connectivity index (χ1v) is 10.1. The first kappa shape index (κ1) is 25.1. The third kappa shape index (κ3) is 7.50. The van der Waals surface area contributed by atoms with Gasteiger partial charge in [-0.25, -0.2) is 9.59 Å². The molecule has 2 atom stereocenters. The Labute approximate surface area is 178 Å². The third-order valence-electron chi connectivity index (χ3n) is 4.46. The number of hydrogen-bond acceptors (Lipinski definition) is 5. The Morgan fingerprint density at radius 1 is 1.00 bits per heavy atom. The van der Waals surface area contributed by atoms with E-state index in [9.17, 15) is 19.2 Å². The summed E-state index contributed by atoms with van der Waals surface area (Å²) in [6.45, 7) is 13.2. The number of imide groups is 1. The van der Waals surface area contributed by atoms with Gasteiger partial charge in [0.25, 0.3) is 11.8 Å². The van der Waals surface area contributed by atoms with Gasteiger partial charge in [0.15, 0.2) is 6.10 Å². The van der Waals surface area contributed by atoms with Crippen LogP contribution in [0.5, 0.6) is 0 Å². The van der Waals surface area contributed by atoms with Gasteiger partial charge in [-0.3, -0.25) is 14.9 Å². The van der Waals surface area contributed by atoms with Crippen LogP contribution in [0.4, 0.5) is 4.79 Å². The van der Waals surface area contributed by atoms with Crippen LogP contribution in [0.25, 0.3) is 0 Å². The summed E-state index contributed by atoms with van der Waals surface area (Å²) in [4.78, 5) is 48.6. The number of benzene rings is 1. The number of carbonyl (C=O) groups excluding carboxylic acids is 4. The van der Waals surface area contributed by atoms with Crippen LogP contribution in [-0.2, 0) is 19.7 Å². The van der Waals surface area contributed by atoms with E-state index in [2.05, 4.69) is 36.7 Å². The molecule has 0 aromatic heterocycles. The molecule has 0 saturated heterocycles. The van der Waals surface area contributed by atoms with Crippen molar-refractivity contribution in [3.8, 4) is 0 Å². The van der Waals surface area contributed by atoms with E-state index < -0.39 is 36.0 Å². The van der Waals surface area contributed by atoms with Gasteiger partial charge in [0.1, 0.15) is 6.04 Å². The van der Waals surface area contributed by atoms with Gasteiger partial charge in [-0.1, -0.05) is 46.8 Å². The molecule has 1 aromatic carbocycles. The third-order valence-corrected chi connectivity index (χ3v) is 4.46. The molecule has 4 amide bonds. The summed E-state index contributed by atoms with van der Waals surface area (Å²) in [5, 5.41) is 7.17. The summed E-state index contributed by atoms with van der Waals surface area (Å²) in [5.41, 5.74) is 1.47. The molecule has 0 radical (unpaired) electrons. The van der Waals surface area contributed by atoms with Crippen LogP contribution in [0.1, 0.15) is 64.4 Å². The van der Waals surface area contributed by atoms with Crippen LogP contribution < -0.4 is 16.0 Å². The molecule has 30 heavy (non-hydrogen) atoms. The second-order valence-electron chi connectivity index (χ2n) is 8.45. The van der Waals surface area contributed by atoms with Crippen LogP contribution in [0.15, 0.2) is 24.3 Å². The fourth-order valence-electron chi connectivity index (χ4n) is 2.56. The zero-order valence-electron chi connectivity index (χ0n) is 18.8. The number of carbonyl (C=O) groups is 4. The summed E-state index contributed by atoms with van der Waals surface area (Å²) >= 11 is 0. The number of nitrogens with one attached hydrogen (secondary N) is 3. The zero-order valence-corrected chi connectivity index (χ0v) is 18.8. The predicted octanol–water partition coefficient (Wildman–Crippen LogP) is 2.52. The lowest BCUT2D eigenvalue weighted by Gasteiger charge is -2.23. The van der Waals surface area contributed by atoms with E-state index in [0.717, 1.165) is 5.56 Å². The lowest BCUT2D eigenvalue weighted by atomic mass is 9.86. The molecule has 1 rings (SSSR count). The monoisotopic (exact) mass is 419 g/mol. The molecule has 2 unspecified atom stereocenters. The summed E-state index contributed by atoms with van der Waals surface area (Å²) in [6.07, 6.45) is -1.19. The van der Waals surface area contributed by atoms with Crippen molar-refractivity contribution in [2.75, 3.05) is 6.54 Å². The standard InChI is InChI=1S/C22H33N3O5/c1-8-23-21(29)25-18(26)14(4)30-20(28)17(13(2)3)24-19(27)15-9-11-16(12-10-15)22(5,6)7/h9-14,17H,8H2,1-7H3,(H,24,27)(H2,23,25,26,29). The summed E-state index contributed by atoms with van der Waals surface area (Å²) in [6, 6.07) is 5.57. The van der Waals surface area contributed by atoms with Gasteiger partial charge in [-0.15, -0.1) is 0 Å². The van der Waals surface area contributed by atoms with Crippen molar-refractivity contribution in [3.63, 3.8) is 0 Å². The van der Waals surface area contributed by atoms with E-state index in [0.29, 0.717) is 12.1 Å². The maximum absolute atomic E-state index is 12.6. The molecule has 3 N–H and O–H groups in total. The van der Waals surface area contributed by atoms with E-state index in [1.165, 1.54) is 6.92 Å². The Morgan fingerprint density at radius 3 is 2.03 bits per heavy atom. The molecular weight excluding hydrogens is 386 g/mol. The molecule has 0 heterocycles. The summed E-state index contributed by atoms with van der Waals surface area (Å²) in [7, 11) is 0. The van der Waals surface area contributed by atoms with Gasteiger partial charge >= 0.3 is 12.0 Å². The van der Waals surface area contributed by atoms with Gasteiger partial charge in [0.2, 0.25) is 0 Å². The molecule has 166 valence electrons. The van der Waals surface area contributed by atoms with Crippen molar-refractivity contribution >= 4 is 23.8 Å².